The Balaban J connectivity index is 3.60. The van der Waals surface area contributed by atoms with Crippen molar-refractivity contribution in [2.24, 2.45) is 5.92 Å². The number of carbonyl (C=O) groups is 1. The molecule has 66 valence electrons. The largest absolute Gasteiger partial charge is 0.772 e. The van der Waals surface area contributed by atoms with Crippen molar-refractivity contribution in [1.82, 2.24) is 0 Å². The van der Waals surface area contributed by atoms with Gasteiger partial charge in [0.05, 0.1) is 7.11 Å². The van der Waals surface area contributed by atoms with Gasteiger partial charge in [0.25, 0.3) is 0 Å². The van der Waals surface area contributed by atoms with E-state index in [-0.39, 0.29) is 24.1 Å². The van der Waals surface area contributed by atoms with Crippen LogP contribution in [0.15, 0.2) is 0 Å². The fourth-order valence-electron chi connectivity index (χ4n) is 0.659. The van der Waals surface area contributed by atoms with Crippen LogP contribution in [0.1, 0.15) is 13.3 Å². The molecule has 0 bridgehead atoms. The highest BCUT2D eigenvalue weighted by molar-refractivity contribution is 7.79. The third-order valence-electron chi connectivity index (χ3n) is 1.16. The molecule has 0 aliphatic rings. The number of methoxy groups -OCH3 is 1. The van der Waals surface area contributed by atoms with E-state index in [1.165, 1.54) is 7.11 Å². The lowest BCUT2D eigenvalue weighted by Crippen LogP contribution is -2.13. The van der Waals surface area contributed by atoms with Gasteiger partial charge in [-0.2, -0.15) is 0 Å². The first kappa shape index (κ1) is 10.6. The predicted molar refractivity (Wildman–Crippen MR) is 39.6 cm³/mol. The number of esters is 1. The van der Waals surface area contributed by atoms with E-state index in [4.69, 9.17) is 0 Å². The van der Waals surface area contributed by atoms with Gasteiger partial charge in [0.2, 0.25) is 0 Å². The highest BCUT2D eigenvalue weighted by Gasteiger charge is 2.08. The zero-order valence-electron chi connectivity index (χ0n) is 6.53. The summed E-state index contributed by atoms with van der Waals surface area (Å²) in [5.74, 6) is -0.529. The third kappa shape index (κ3) is 6.00. The molecule has 0 aromatic heterocycles. The van der Waals surface area contributed by atoms with Crippen molar-refractivity contribution in [2.75, 3.05) is 12.9 Å². The molecule has 2 atom stereocenters. The van der Waals surface area contributed by atoms with E-state index >= 15 is 0 Å². The molecule has 0 spiro atoms. The van der Waals surface area contributed by atoms with Gasteiger partial charge in [0.15, 0.2) is 0 Å². The standard InChI is InChI=1S/C6H12O4S/c1-5(4-11(8)9)3-6(7)10-2/h5H,3-4H2,1-2H3,(H,8,9)/p-1. The van der Waals surface area contributed by atoms with Crippen molar-refractivity contribution >= 4 is 17.0 Å². The summed E-state index contributed by atoms with van der Waals surface area (Å²) in [5.41, 5.74) is 0. The Morgan fingerprint density at radius 3 is 2.64 bits per heavy atom. The Kier molecular flexibility index (Phi) is 5.06. The van der Waals surface area contributed by atoms with E-state index in [0.717, 1.165) is 0 Å². The van der Waals surface area contributed by atoms with E-state index in [0.29, 0.717) is 0 Å². The minimum Gasteiger partial charge on any atom is -0.772 e. The molecule has 0 aliphatic heterocycles. The molecule has 4 nitrogen and oxygen atoms in total. The number of hydrogen-bond donors (Lipinski definition) is 0. The Bertz CT molecular complexity index is 157. The van der Waals surface area contributed by atoms with Gasteiger partial charge in [-0.15, -0.1) is 0 Å². The molecule has 11 heavy (non-hydrogen) atoms. The molecular formula is C6H11O4S-. The van der Waals surface area contributed by atoms with Crippen molar-refractivity contribution in [1.29, 1.82) is 0 Å². The van der Waals surface area contributed by atoms with E-state index in [1.54, 1.807) is 6.92 Å². The smallest absolute Gasteiger partial charge is 0.305 e. The molecule has 0 aromatic rings. The topological polar surface area (TPSA) is 66.4 Å². The van der Waals surface area contributed by atoms with Crippen LogP contribution in [0, 0.1) is 5.92 Å². The van der Waals surface area contributed by atoms with Crippen molar-refractivity contribution in [3.05, 3.63) is 0 Å². The Morgan fingerprint density at radius 2 is 2.27 bits per heavy atom. The third-order valence-corrected chi connectivity index (χ3v) is 2.00. The number of ether oxygens (including phenoxy) is 1. The van der Waals surface area contributed by atoms with Gasteiger partial charge in [-0.25, -0.2) is 0 Å². The molecule has 0 heterocycles. The van der Waals surface area contributed by atoms with Crippen LogP contribution in [-0.2, 0) is 20.6 Å². The van der Waals surface area contributed by atoms with E-state index in [1.807, 2.05) is 0 Å². The van der Waals surface area contributed by atoms with Crippen LogP contribution in [0.3, 0.4) is 0 Å². The highest BCUT2D eigenvalue weighted by atomic mass is 32.2. The molecular weight excluding hydrogens is 168 g/mol. The normalized spacial score (nSPS) is 15.5. The average Bonchev–Trinajstić information content (AvgIpc) is 1.85. The van der Waals surface area contributed by atoms with Crippen LogP contribution in [0.25, 0.3) is 0 Å². The first-order chi connectivity index (χ1) is 5.06. The molecule has 0 fully saturated rings. The summed E-state index contributed by atoms with van der Waals surface area (Å²) in [5, 5.41) is 0. The first-order valence-corrected chi connectivity index (χ1v) is 4.43. The van der Waals surface area contributed by atoms with Gasteiger partial charge in [-0.1, -0.05) is 18.0 Å². The minimum absolute atomic E-state index is 0.00903. The number of carbonyl (C=O) groups excluding carboxylic acids is 1. The van der Waals surface area contributed by atoms with Crippen molar-refractivity contribution in [2.45, 2.75) is 13.3 Å². The van der Waals surface area contributed by atoms with Crippen LogP contribution in [0.5, 0.6) is 0 Å². The van der Waals surface area contributed by atoms with Gasteiger partial charge < -0.3 is 9.29 Å². The predicted octanol–water partition coefficient (Wildman–Crippen LogP) is 0.0647. The van der Waals surface area contributed by atoms with Crippen LogP contribution in [-0.4, -0.2) is 27.6 Å². The van der Waals surface area contributed by atoms with Gasteiger partial charge in [0.1, 0.15) is 0 Å². The Morgan fingerprint density at radius 1 is 1.73 bits per heavy atom. The number of hydrogen-bond acceptors (Lipinski definition) is 4. The summed E-state index contributed by atoms with van der Waals surface area (Å²) in [6.07, 6.45) is 0.157. The molecule has 0 saturated heterocycles. The summed E-state index contributed by atoms with van der Waals surface area (Å²) in [6.45, 7) is 1.69. The lowest BCUT2D eigenvalue weighted by Gasteiger charge is -2.11. The summed E-state index contributed by atoms with van der Waals surface area (Å²) in [4.78, 5) is 10.6. The molecule has 5 heteroatoms. The quantitative estimate of drug-likeness (QED) is 0.452. The van der Waals surface area contributed by atoms with Gasteiger partial charge in [-0.3, -0.25) is 9.00 Å². The first-order valence-electron chi connectivity index (χ1n) is 3.19. The summed E-state index contributed by atoms with van der Waals surface area (Å²) in [7, 11) is 1.28. The van der Waals surface area contributed by atoms with Gasteiger partial charge in [0, 0.05) is 12.2 Å². The van der Waals surface area contributed by atoms with Crippen LogP contribution in [0.2, 0.25) is 0 Å². The maximum absolute atomic E-state index is 10.6. The maximum Gasteiger partial charge on any atom is 0.305 e. The second kappa shape index (κ2) is 5.26. The van der Waals surface area contributed by atoms with E-state index < -0.39 is 11.1 Å². The van der Waals surface area contributed by atoms with Gasteiger partial charge in [-0.05, 0) is 5.92 Å². The fraction of sp³-hybridized carbons (Fsp3) is 0.833. The average molecular weight is 179 g/mol. The maximum atomic E-state index is 10.6. The molecule has 0 aromatic carbocycles. The second-order valence-corrected chi connectivity index (χ2v) is 3.30. The SMILES string of the molecule is COC(=O)CC(C)CS(=O)[O-]. The Labute approximate surface area is 68.2 Å². The monoisotopic (exact) mass is 179 g/mol. The second-order valence-electron chi connectivity index (χ2n) is 2.36. The lowest BCUT2D eigenvalue weighted by atomic mass is 10.1. The van der Waals surface area contributed by atoms with Crippen LogP contribution < -0.4 is 0 Å². The molecule has 0 radical (unpaired) electrons. The van der Waals surface area contributed by atoms with Gasteiger partial charge >= 0.3 is 5.97 Å². The molecule has 0 rings (SSSR count). The molecule has 0 aliphatic carbocycles. The summed E-state index contributed by atoms with van der Waals surface area (Å²) >= 11 is -2.07. The zero-order chi connectivity index (χ0) is 8.85. The summed E-state index contributed by atoms with van der Waals surface area (Å²) in [6, 6.07) is 0. The van der Waals surface area contributed by atoms with Crippen LogP contribution >= 0.6 is 0 Å². The molecule has 0 saturated carbocycles. The molecule has 2 unspecified atom stereocenters. The lowest BCUT2D eigenvalue weighted by molar-refractivity contribution is -0.141. The summed E-state index contributed by atoms with van der Waals surface area (Å²) < 4.78 is 24.6. The zero-order valence-corrected chi connectivity index (χ0v) is 7.35. The number of rotatable bonds is 4. The highest BCUT2D eigenvalue weighted by Crippen LogP contribution is 2.03. The van der Waals surface area contributed by atoms with E-state index in [9.17, 15) is 13.6 Å². The molecule has 0 amide bonds. The Hall–Kier alpha value is -0.420. The fourth-order valence-corrected chi connectivity index (χ4v) is 1.24. The van der Waals surface area contributed by atoms with Crippen molar-refractivity contribution < 1.29 is 18.3 Å². The minimum atomic E-state index is -2.07. The van der Waals surface area contributed by atoms with Crippen LogP contribution in [0.4, 0.5) is 0 Å². The van der Waals surface area contributed by atoms with Crippen molar-refractivity contribution in [3.8, 4) is 0 Å². The van der Waals surface area contributed by atoms with E-state index in [2.05, 4.69) is 4.74 Å². The van der Waals surface area contributed by atoms with Crippen molar-refractivity contribution in [3.63, 3.8) is 0 Å². The molecule has 0 N–H and O–H groups in total.